The van der Waals surface area contributed by atoms with Gasteiger partial charge >= 0.3 is 5.97 Å². The Morgan fingerprint density at radius 3 is 2.75 bits per heavy atom. The zero-order chi connectivity index (χ0) is 22.1. The Morgan fingerprint density at radius 2 is 1.91 bits per heavy atom. The van der Waals surface area contributed by atoms with Crippen LogP contribution in [0.4, 0.5) is 4.39 Å². The van der Waals surface area contributed by atoms with Crippen LogP contribution in [-0.4, -0.2) is 21.4 Å². The van der Waals surface area contributed by atoms with Gasteiger partial charge < -0.3 is 14.4 Å². The Morgan fingerprint density at radius 1 is 1.12 bits per heavy atom. The van der Waals surface area contributed by atoms with Crippen molar-refractivity contribution in [1.82, 2.24) is 4.57 Å². The van der Waals surface area contributed by atoms with E-state index in [4.69, 9.17) is 9.73 Å². The number of carbonyl (C=O) groups is 1. The molecule has 7 heteroatoms. The minimum atomic E-state index is -1.49. The molecule has 0 fully saturated rings. The number of carbonyl (C=O) groups excluding carboxylic acids is 1. The van der Waals surface area contributed by atoms with Crippen molar-refractivity contribution in [3.63, 3.8) is 0 Å². The lowest BCUT2D eigenvalue weighted by Gasteiger charge is -2.27. The molecule has 164 valence electrons. The Bertz CT molecular complexity index is 1320. The molecule has 6 nitrogen and oxygen atoms in total. The Hall–Kier alpha value is -3.06. The van der Waals surface area contributed by atoms with E-state index < -0.39 is 12.1 Å². The highest BCUT2D eigenvalue weighted by Crippen LogP contribution is 2.45. The lowest BCUT2D eigenvalue weighted by atomic mass is 9.79. The van der Waals surface area contributed by atoms with Crippen LogP contribution in [0.15, 0.2) is 55.6 Å². The number of ether oxygens (including phenoxy) is 1. The van der Waals surface area contributed by atoms with Crippen molar-refractivity contribution in [2.24, 2.45) is 4.99 Å². The number of pyridine rings is 1. The third-order valence-electron chi connectivity index (χ3n) is 7.26. The number of aliphatic hydroxyl groups excluding tert-OH is 1. The molecule has 1 aromatic heterocycles. The maximum atomic E-state index is 14.8. The van der Waals surface area contributed by atoms with E-state index in [0.29, 0.717) is 42.1 Å². The second kappa shape index (κ2) is 6.97. The molecule has 2 bridgehead atoms. The Kier molecular flexibility index (Phi) is 4.27. The predicted molar refractivity (Wildman–Crippen MR) is 116 cm³/mol. The summed E-state index contributed by atoms with van der Waals surface area (Å²) in [5.74, 6) is -0.959. The molecule has 5 aliphatic rings. The average Bonchev–Trinajstić information content (AvgIpc) is 3.12. The second-order valence-electron chi connectivity index (χ2n) is 9.13. The van der Waals surface area contributed by atoms with Crippen LogP contribution in [0.5, 0.6) is 0 Å². The first-order chi connectivity index (χ1) is 15.4. The molecule has 0 amide bonds. The van der Waals surface area contributed by atoms with Crippen molar-refractivity contribution in [3.8, 4) is 0 Å². The number of hydrogen-bond acceptors (Lipinski definition) is 5. The van der Waals surface area contributed by atoms with E-state index in [2.05, 4.69) is 0 Å². The van der Waals surface area contributed by atoms with Crippen LogP contribution in [0.1, 0.15) is 68.4 Å². The van der Waals surface area contributed by atoms with Gasteiger partial charge in [0.05, 0.1) is 23.5 Å². The summed E-state index contributed by atoms with van der Waals surface area (Å²) < 4.78 is 21.4. The van der Waals surface area contributed by atoms with Gasteiger partial charge in [0.1, 0.15) is 12.4 Å². The highest BCUT2D eigenvalue weighted by molar-refractivity contribution is 6.00. The van der Waals surface area contributed by atoms with Crippen molar-refractivity contribution >= 4 is 17.4 Å². The number of hydrogen-bond donors (Lipinski definition) is 1. The van der Waals surface area contributed by atoms with Gasteiger partial charge in [-0.25, -0.2) is 9.18 Å². The van der Waals surface area contributed by atoms with Crippen molar-refractivity contribution < 1.29 is 19.0 Å². The van der Waals surface area contributed by atoms with Crippen LogP contribution in [0.25, 0.3) is 5.70 Å². The van der Waals surface area contributed by atoms with Gasteiger partial charge in [0.25, 0.3) is 5.56 Å². The van der Waals surface area contributed by atoms with Crippen LogP contribution in [0.3, 0.4) is 0 Å². The van der Waals surface area contributed by atoms with Crippen LogP contribution in [-0.2, 0) is 22.7 Å². The van der Waals surface area contributed by atoms with E-state index >= 15 is 0 Å². The number of aliphatic imine (C=N–C) groups is 1. The van der Waals surface area contributed by atoms with Crippen molar-refractivity contribution in [3.05, 3.63) is 73.0 Å². The molecule has 1 N–H and O–H groups in total. The Labute approximate surface area is 184 Å². The minimum absolute atomic E-state index is 0.141. The standard InChI is InChI=1S/C25H23FN2O4/c1-12-7-13(26)8-14-5-6-17-15(12)3-2-4-16(17)19-10-28-21(22(19)27-14)9-18-20(24(28)30)11-32-25(31)23(18)29/h8-9,23,29H,2-7,10-11H2,1H3/b13-8+,15-12-,27-14?. The lowest BCUT2D eigenvalue weighted by molar-refractivity contribution is -0.157. The SMILES string of the molecule is C/C1=C2\CCCC3=C2CCC(=NC2=C3Cn3c2cc2c(c3=O)COC(=O)C2O)/C=C(/F)C1. The molecular formula is C25H23FN2O4. The number of allylic oxidation sites excluding steroid dienone is 7. The maximum Gasteiger partial charge on any atom is 0.340 e. The number of nitrogens with zero attached hydrogens (tertiary/aromatic N) is 2. The van der Waals surface area contributed by atoms with Gasteiger partial charge in [0.2, 0.25) is 0 Å². The van der Waals surface area contributed by atoms with Crippen LogP contribution >= 0.6 is 0 Å². The molecule has 0 spiro atoms. The fourth-order valence-corrected chi connectivity index (χ4v) is 5.73. The van der Waals surface area contributed by atoms with Gasteiger partial charge in [-0.05, 0) is 67.9 Å². The molecule has 0 saturated heterocycles. The van der Waals surface area contributed by atoms with Crippen LogP contribution in [0, 0.1) is 0 Å². The number of halogens is 1. The number of rotatable bonds is 0. The summed E-state index contributed by atoms with van der Waals surface area (Å²) in [6.07, 6.45) is 4.61. The molecule has 1 unspecified atom stereocenters. The highest BCUT2D eigenvalue weighted by atomic mass is 19.1. The monoisotopic (exact) mass is 434 g/mol. The molecule has 0 radical (unpaired) electrons. The van der Waals surface area contributed by atoms with E-state index in [-0.39, 0.29) is 23.6 Å². The number of aromatic nitrogens is 1. The molecule has 2 aliphatic carbocycles. The number of cyclic esters (lactones) is 1. The average molecular weight is 434 g/mol. The Balaban J connectivity index is 1.64. The first kappa shape index (κ1) is 19.6. The normalized spacial score (nSPS) is 28.3. The zero-order valence-electron chi connectivity index (χ0n) is 17.8. The lowest BCUT2D eigenvalue weighted by Crippen LogP contribution is -2.33. The molecule has 6 rings (SSSR count). The predicted octanol–water partition coefficient (Wildman–Crippen LogP) is 3.95. The quantitative estimate of drug-likeness (QED) is 0.627. The smallest absolute Gasteiger partial charge is 0.340 e. The summed E-state index contributed by atoms with van der Waals surface area (Å²) in [6.45, 7) is 2.26. The van der Waals surface area contributed by atoms with E-state index in [9.17, 15) is 19.1 Å². The first-order valence-corrected chi connectivity index (χ1v) is 11.1. The molecular weight excluding hydrogens is 411 g/mol. The minimum Gasteiger partial charge on any atom is -0.458 e. The first-order valence-electron chi connectivity index (χ1n) is 11.1. The zero-order valence-corrected chi connectivity index (χ0v) is 17.8. The largest absolute Gasteiger partial charge is 0.458 e. The second-order valence-corrected chi connectivity index (χ2v) is 9.13. The fraction of sp³-hybridized carbons (Fsp3) is 0.400. The summed E-state index contributed by atoms with van der Waals surface area (Å²) >= 11 is 0. The van der Waals surface area contributed by atoms with Gasteiger partial charge in [-0.2, -0.15) is 0 Å². The molecule has 32 heavy (non-hydrogen) atoms. The maximum absolute atomic E-state index is 14.8. The van der Waals surface area contributed by atoms with E-state index in [1.165, 1.54) is 22.8 Å². The molecule has 0 saturated carbocycles. The topological polar surface area (TPSA) is 80.9 Å². The third kappa shape index (κ3) is 2.77. The van der Waals surface area contributed by atoms with Crippen LogP contribution in [0.2, 0.25) is 0 Å². The van der Waals surface area contributed by atoms with Gasteiger partial charge in [-0.1, -0.05) is 5.57 Å². The van der Waals surface area contributed by atoms with E-state index in [1.54, 1.807) is 10.6 Å². The summed E-state index contributed by atoms with van der Waals surface area (Å²) in [5, 5.41) is 10.4. The van der Waals surface area contributed by atoms with Crippen molar-refractivity contribution in [2.75, 3.05) is 0 Å². The van der Waals surface area contributed by atoms with Gasteiger partial charge in [-0.15, -0.1) is 0 Å². The molecule has 0 aromatic carbocycles. The van der Waals surface area contributed by atoms with Crippen LogP contribution < -0.4 is 5.56 Å². The highest BCUT2D eigenvalue weighted by Gasteiger charge is 2.36. The molecule has 4 heterocycles. The van der Waals surface area contributed by atoms with Gasteiger partial charge in [0, 0.05) is 23.3 Å². The third-order valence-corrected chi connectivity index (χ3v) is 7.26. The van der Waals surface area contributed by atoms with Gasteiger partial charge in [-0.3, -0.25) is 9.79 Å². The van der Waals surface area contributed by atoms with Crippen molar-refractivity contribution in [1.29, 1.82) is 0 Å². The number of aliphatic hydroxyl groups is 1. The fourth-order valence-electron chi connectivity index (χ4n) is 5.73. The summed E-state index contributed by atoms with van der Waals surface area (Å²) in [7, 11) is 0. The molecule has 1 aromatic rings. The molecule has 1 atom stereocenters. The number of esters is 1. The van der Waals surface area contributed by atoms with Gasteiger partial charge in [0.15, 0.2) is 6.10 Å². The summed E-state index contributed by atoms with van der Waals surface area (Å²) in [6, 6.07) is 1.69. The number of fused-ring (bicyclic) bond motifs is 6. The molecule has 3 aliphatic heterocycles. The summed E-state index contributed by atoms with van der Waals surface area (Å²) in [4.78, 5) is 30.1. The van der Waals surface area contributed by atoms with Crippen molar-refractivity contribution in [2.45, 2.75) is 64.7 Å². The summed E-state index contributed by atoms with van der Waals surface area (Å²) in [5.41, 5.74) is 8.02. The van der Waals surface area contributed by atoms with E-state index in [0.717, 1.165) is 36.8 Å². The van der Waals surface area contributed by atoms with E-state index in [1.807, 2.05) is 6.92 Å².